The summed E-state index contributed by atoms with van der Waals surface area (Å²) in [5.41, 5.74) is 2.69. The number of hydrogen-bond acceptors (Lipinski definition) is 2. The average molecular weight is 312 g/mol. The third-order valence-electron chi connectivity index (χ3n) is 3.24. The van der Waals surface area contributed by atoms with Crippen LogP contribution in [0.3, 0.4) is 0 Å². The van der Waals surface area contributed by atoms with Crippen LogP contribution in [-0.4, -0.2) is 4.57 Å². The summed E-state index contributed by atoms with van der Waals surface area (Å²) < 4.78 is 6.73. The molecule has 0 N–H and O–H groups in total. The van der Waals surface area contributed by atoms with Crippen molar-refractivity contribution in [3.05, 3.63) is 34.3 Å². The van der Waals surface area contributed by atoms with Gasteiger partial charge in [-0.25, -0.2) is 4.79 Å². The molecule has 98 valence electrons. The zero-order valence-electron chi connectivity index (χ0n) is 10.8. The zero-order chi connectivity index (χ0) is 13.1. The molecule has 2 rings (SSSR count). The Balaban J connectivity index is 2.21. The highest BCUT2D eigenvalue weighted by molar-refractivity contribution is 9.09. The van der Waals surface area contributed by atoms with Crippen molar-refractivity contribution >= 4 is 27.0 Å². The molecule has 1 unspecified atom stereocenters. The Kier molecular flexibility index (Phi) is 4.27. The van der Waals surface area contributed by atoms with Gasteiger partial charge in [-0.1, -0.05) is 48.2 Å². The molecule has 4 heteroatoms. The largest absolute Gasteiger partial charge is 0.419 e. The molecule has 1 aromatic heterocycles. The van der Waals surface area contributed by atoms with Crippen molar-refractivity contribution in [3.63, 3.8) is 0 Å². The number of alkyl halides is 1. The SMILES string of the molecule is CCCCCC(Br)c1ccc2c(c1)oc(=O)n2C. The number of hydrogen-bond donors (Lipinski definition) is 0. The molecule has 0 aliphatic carbocycles. The van der Waals surface area contributed by atoms with Crippen LogP contribution >= 0.6 is 15.9 Å². The summed E-state index contributed by atoms with van der Waals surface area (Å²) in [5, 5.41) is 0. The number of halogens is 1. The Morgan fingerprint density at radius 3 is 2.89 bits per heavy atom. The normalized spacial score (nSPS) is 13.1. The molecule has 0 saturated heterocycles. The molecule has 0 aliphatic heterocycles. The predicted molar refractivity (Wildman–Crippen MR) is 77.3 cm³/mol. The molecular formula is C14H18BrNO2. The maximum absolute atomic E-state index is 11.4. The number of aromatic nitrogens is 1. The van der Waals surface area contributed by atoms with Crippen LogP contribution in [-0.2, 0) is 7.05 Å². The van der Waals surface area contributed by atoms with E-state index in [0.29, 0.717) is 10.4 Å². The fourth-order valence-electron chi connectivity index (χ4n) is 2.09. The first-order chi connectivity index (χ1) is 8.63. The van der Waals surface area contributed by atoms with E-state index in [1.807, 2.05) is 12.1 Å². The highest BCUT2D eigenvalue weighted by Crippen LogP contribution is 2.30. The van der Waals surface area contributed by atoms with E-state index < -0.39 is 0 Å². The van der Waals surface area contributed by atoms with Crippen LogP contribution in [0.5, 0.6) is 0 Å². The van der Waals surface area contributed by atoms with E-state index in [-0.39, 0.29) is 5.76 Å². The van der Waals surface area contributed by atoms with Crippen LogP contribution in [0, 0.1) is 0 Å². The van der Waals surface area contributed by atoms with Gasteiger partial charge < -0.3 is 4.42 Å². The lowest BCUT2D eigenvalue weighted by Crippen LogP contribution is -2.08. The predicted octanol–water partition coefficient (Wildman–Crippen LogP) is 4.15. The zero-order valence-corrected chi connectivity index (χ0v) is 12.4. The number of unbranched alkanes of at least 4 members (excludes halogenated alkanes) is 2. The molecule has 3 nitrogen and oxygen atoms in total. The second-order valence-corrected chi connectivity index (χ2v) is 5.72. The molecule has 1 aromatic carbocycles. The molecule has 0 saturated carbocycles. The van der Waals surface area contributed by atoms with Crippen LogP contribution in [0.15, 0.2) is 27.4 Å². The number of rotatable bonds is 5. The quantitative estimate of drug-likeness (QED) is 0.614. The first-order valence-electron chi connectivity index (χ1n) is 6.37. The fraction of sp³-hybridized carbons (Fsp3) is 0.500. The van der Waals surface area contributed by atoms with Gasteiger partial charge >= 0.3 is 5.76 Å². The molecule has 1 heterocycles. The van der Waals surface area contributed by atoms with Crippen molar-refractivity contribution in [1.29, 1.82) is 0 Å². The summed E-state index contributed by atoms with van der Waals surface area (Å²) in [7, 11) is 1.72. The van der Waals surface area contributed by atoms with Crippen molar-refractivity contribution in [1.82, 2.24) is 4.57 Å². The summed E-state index contributed by atoms with van der Waals surface area (Å²) in [6.07, 6.45) is 4.80. The van der Waals surface area contributed by atoms with Crippen molar-refractivity contribution in [2.75, 3.05) is 0 Å². The van der Waals surface area contributed by atoms with Crippen molar-refractivity contribution in [2.24, 2.45) is 7.05 Å². The van der Waals surface area contributed by atoms with Gasteiger partial charge in [-0.3, -0.25) is 4.57 Å². The Bertz CT molecular complexity index is 585. The molecule has 0 aliphatic rings. The number of fused-ring (bicyclic) bond motifs is 1. The summed E-state index contributed by atoms with van der Waals surface area (Å²) in [5.74, 6) is -0.306. The van der Waals surface area contributed by atoms with E-state index in [1.54, 1.807) is 7.05 Å². The third-order valence-corrected chi connectivity index (χ3v) is 4.23. The van der Waals surface area contributed by atoms with E-state index >= 15 is 0 Å². The molecule has 0 amide bonds. The summed E-state index contributed by atoms with van der Waals surface area (Å²) in [6, 6.07) is 5.97. The number of benzene rings is 1. The molecular weight excluding hydrogens is 294 g/mol. The summed E-state index contributed by atoms with van der Waals surface area (Å²) in [6.45, 7) is 2.20. The van der Waals surface area contributed by atoms with Crippen LogP contribution in [0.25, 0.3) is 11.1 Å². The lowest BCUT2D eigenvalue weighted by Gasteiger charge is -2.09. The number of oxazole rings is 1. The Labute approximate surface area is 115 Å². The molecule has 18 heavy (non-hydrogen) atoms. The standard InChI is InChI=1S/C14H18BrNO2/c1-3-4-5-6-11(15)10-7-8-12-13(9-10)18-14(17)16(12)2/h7-9,11H,3-6H2,1-2H3. The maximum Gasteiger partial charge on any atom is 0.419 e. The average Bonchev–Trinajstić information content (AvgIpc) is 2.65. The summed E-state index contributed by atoms with van der Waals surface area (Å²) in [4.78, 5) is 11.7. The van der Waals surface area contributed by atoms with E-state index in [2.05, 4.69) is 28.9 Å². The second kappa shape index (κ2) is 5.74. The Hall–Kier alpha value is -1.03. The minimum absolute atomic E-state index is 0.306. The van der Waals surface area contributed by atoms with Gasteiger partial charge in [0.2, 0.25) is 0 Å². The molecule has 0 radical (unpaired) electrons. The van der Waals surface area contributed by atoms with Crippen LogP contribution in [0.4, 0.5) is 0 Å². The Morgan fingerprint density at radius 2 is 2.17 bits per heavy atom. The topological polar surface area (TPSA) is 35.1 Å². The van der Waals surface area contributed by atoms with Crippen molar-refractivity contribution < 1.29 is 4.42 Å². The first-order valence-corrected chi connectivity index (χ1v) is 7.28. The van der Waals surface area contributed by atoms with Gasteiger partial charge in [0, 0.05) is 11.9 Å². The molecule has 0 bridgehead atoms. The van der Waals surface area contributed by atoms with Gasteiger partial charge in [0.25, 0.3) is 0 Å². The maximum atomic E-state index is 11.4. The minimum atomic E-state index is -0.306. The van der Waals surface area contributed by atoms with Gasteiger partial charge in [0.1, 0.15) is 0 Å². The number of aryl methyl sites for hydroxylation is 1. The van der Waals surface area contributed by atoms with Gasteiger partial charge in [0.05, 0.1) is 5.52 Å². The van der Waals surface area contributed by atoms with E-state index in [9.17, 15) is 4.79 Å². The smallest absolute Gasteiger partial charge is 0.408 e. The third kappa shape index (κ3) is 2.69. The van der Waals surface area contributed by atoms with E-state index in [4.69, 9.17) is 4.42 Å². The number of nitrogens with zero attached hydrogens (tertiary/aromatic N) is 1. The van der Waals surface area contributed by atoms with Crippen molar-refractivity contribution in [3.8, 4) is 0 Å². The molecule has 1 atom stereocenters. The van der Waals surface area contributed by atoms with Crippen molar-refractivity contribution in [2.45, 2.75) is 37.4 Å². The second-order valence-electron chi connectivity index (χ2n) is 4.62. The summed E-state index contributed by atoms with van der Waals surface area (Å²) >= 11 is 3.70. The van der Waals surface area contributed by atoms with Crippen LogP contribution < -0.4 is 5.76 Å². The van der Waals surface area contributed by atoms with E-state index in [1.165, 1.54) is 29.4 Å². The molecule has 0 fully saturated rings. The highest BCUT2D eigenvalue weighted by atomic mass is 79.9. The molecule has 2 aromatic rings. The molecule has 0 spiro atoms. The van der Waals surface area contributed by atoms with Gasteiger partial charge in [0.15, 0.2) is 5.58 Å². The van der Waals surface area contributed by atoms with Gasteiger partial charge in [-0.05, 0) is 24.1 Å². The van der Waals surface area contributed by atoms with Gasteiger partial charge in [-0.2, -0.15) is 0 Å². The van der Waals surface area contributed by atoms with E-state index in [0.717, 1.165) is 11.9 Å². The fourth-order valence-corrected chi connectivity index (χ4v) is 2.69. The van der Waals surface area contributed by atoms with Crippen LogP contribution in [0.2, 0.25) is 0 Å². The first kappa shape index (κ1) is 13.4. The highest BCUT2D eigenvalue weighted by Gasteiger charge is 2.11. The lowest BCUT2D eigenvalue weighted by molar-refractivity contribution is 0.527. The minimum Gasteiger partial charge on any atom is -0.408 e. The monoisotopic (exact) mass is 311 g/mol. The Morgan fingerprint density at radius 1 is 1.39 bits per heavy atom. The van der Waals surface area contributed by atoms with Crippen LogP contribution in [0.1, 0.15) is 43.0 Å². The lowest BCUT2D eigenvalue weighted by atomic mass is 10.1. The van der Waals surface area contributed by atoms with Gasteiger partial charge in [-0.15, -0.1) is 0 Å².